The molecule has 0 amide bonds. The van der Waals surface area contributed by atoms with Gasteiger partial charge < -0.3 is 15.4 Å². The van der Waals surface area contributed by atoms with Crippen molar-refractivity contribution in [1.29, 1.82) is 0 Å². The van der Waals surface area contributed by atoms with Crippen LogP contribution < -0.4 is 20.1 Å². The minimum absolute atomic E-state index is 0.00338. The van der Waals surface area contributed by atoms with Gasteiger partial charge >= 0.3 is 0 Å². The number of nitrogens with two attached hydrogens (primary N) is 1. The van der Waals surface area contributed by atoms with Gasteiger partial charge in [-0.15, -0.1) is 10.8 Å². The van der Waals surface area contributed by atoms with E-state index in [0.717, 1.165) is 25.1 Å². The molecule has 2 heterocycles. The van der Waals surface area contributed by atoms with Gasteiger partial charge in [0.25, 0.3) is 0 Å². The molecule has 2 aromatic rings. The van der Waals surface area contributed by atoms with Crippen LogP contribution in [0.4, 0.5) is 5.69 Å². The molecule has 2 atom stereocenters. The second-order valence-electron chi connectivity index (χ2n) is 6.96. The smallest absolute Gasteiger partial charge is 0.129 e. The van der Waals surface area contributed by atoms with Crippen molar-refractivity contribution < 1.29 is 13.8 Å². The molecule has 2 aliphatic heterocycles. The predicted molar refractivity (Wildman–Crippen MR) is 105 cm³/mol. The number of rotatable bonds is 4. The summed E-state index contributed by atoms with van der Waals surface area (Å²) in [6, 6.07) is 13.4. The van der Waals surface area contributed by atoms with Crippen LogP contribution in [-0.2, 0) is 0 Å². The van der Waals surface area contributed by atoms with E-state index in [0.29, 0.717) is 28.9 Å². The molecule has 0 aliphatic carbocycles. The highest BCUT2D eigenvalue weighted by Gasteiger charge is 2.38. The maximum Gasteiger partial charge on any atom is 0.129 e. The maximum atomic E-state index is 10.5. The van der Waals surface area contributed by atoms with Gasteiger partial charge in [0.2, 0.25) is 0 Å². The average molecular weight is 375 g/mol. The second-order valence-corrected chi connectivity index (χ2v) is 8.73. The van der Waals surface area contributed by atoms with Gasteiger partial charge in [-0.05, 0) is 55.1 Å². The Bertz CT molecular complexity index is 797. The first-order valence-corrected chi connectivity index (χ1v) is 10.5. The van der Waals surface area contributed by atoms with Crippen LogP contribution in [0.5, 0.6) is 11.5 Å². The number of nitrogens with one attached hydrogen (secondary N) is 1. The third-order valence-corrected chi connectivity index (χ3v) is 6.68. The first-order chi connectivity index (χ1) is 12.5. The molecule has 0 saturated carbocycles. The van der Waals surface area contributed by atoms with E-state index >= 15 is 0 Å². The number of nitrogens with zero attached hydrogens (tertiary/aromatic N) is 1. The number of fused-ring (bicyclic) bond motifs is 3. The topological polar surface area (TPSA) is 91.0 Å². The Labute approximate surface area is 155 Å². The van der Waals surface area contributed by atoms with E-state index in [1.54, 1.807) is 6.07 Å². The Morgan fingerprint density at radius 2 is 1.96 bits per heavy atom. The van der Waals surface area contributed by atoms with Crippen molar-refractivity contribution >= 4 is 16.5 Å². The predicted octanol–water partition coefficient (Wildman–Crippen LogP) is 4.10. The summed E-state index contributed by atoms with van der Waals surface area (Å²) in [5.41, 5.74) is 7.76. The van der Waals surface area contributed by atoms with E-state index in [4.69, 9.17) is 10.5 Å². The van der Waals surface area contributed by atoms with Crippen molar-refractivity contribution in [2.24, 2.45) is 5.73 Å². The van der Waals surface area contributed by atoms with Crippen LogP contribution in [0.1, 0.15) is 31.2 Å². The van der Waals surface area contributed by atoms with Crippen LogP contribution in [0.15, 0.2) is 47.4 Å². The highest BCUT2D eigenvalue weighted by atomic mass is 32.3. The molecule has 0 radical (unpaired) electrons. The van der Waals surface area contributed by atoms with Crippen LogP contribution in [0, 0.1) is 0 Å². The quantitative estimate of drug-likeness (QED) is 0.643. The summed E-state index contributed by atoms with van der Waals surface area (Å²) in [6.07, 6.45) is 1.95. The lowest BCUT2D eigenvalue weighted by Crippen LogP contribution is -2.46. The van der Waals surface area contributed by atoms with Crippen LogP contribution in [0.25, 0.3) is 0 Å². The molecule has 1 saturated heterocycles. The first kappa shape index (κ1) is 17.6. The van der Waals surface area contributed by atoms with Crippen molar-refractivity contribution in [1.82, 2.24) is 4.72 Å². The molecule has 26 heavy (non-hydrogen) atoms. The molecule has 2 aromatic carbocycles. The van der Waals surface area contributed by atoms with Gasteiger partial charge in [0, 0.05) is 12.6 Å². The van der Waals surface area contributed by atoms with Gasteiger partial charge in [-0.2, -0.15) is 4.72 Å². The molecular weight excluding hydrogens is 350 g/mol. The molecule has 4 rings (SSSR count). The fraction of sp³-hybridized carbons (Fsp3) is 0.368. The van der Waals surface area contributed by atoms with Gasteiger partial charge in [0.15, 0.2) is 0 Å². The molecule has 0 bridgehead atoms. The number of anilines is 1. The standard InChI is InChI=1S/C19H25N3O3S/c1-13(12-20)14-4-6-15(7-5-14)25-16-8-9-17-18(11-16)26(23,24)21-19-3-2-10-22(17)19/h4-9,11,13,19,21,23-24H,2-3,10,12,20H2,1H3. The maximum absolute atomic E-state index is 10.5. The minimum Gasteiger partial charge on any atom is -0.457 e. The molecule has 0 aromatic heterocycles. The van der Waals surface area contributed by atoms with Crippen molar-refractivity contribution in [3.8, 4) is 11.5 Å². The molecular formula is C19H25N3O3S. The van der Waals surface area contributed by atoms with E-state index in [1.165, 1.54) is 5.56 Å². The van der Waals surface area contributed by atoms with Gasteiger partial charge in [0.05, 0.1) is 11.9 Å². The van der Waals surface area contributed by atoms with Crippen molar-refractivity contribution in [2.45, 2.75) is 36.7 Å². The zero-order valence-electron chi connectivity index (χ0n) is 14.8. The summed E-state index contributed by atoms with van der Waals surface area (Å²) in [5.74, 6) is 1.60. The van der Waals surface area contributed by atoms with Crippen LogP contribution in [0.2, 0.25) is 0 Å². The van der Waals surface area contributed by atoms with Gasteiger partial charge in [-0.25, -0.2) is 0 Å². The highest BCUT2D eigenvalue weighted by Crippen LogP contribution is 2.55. The van der Waals surface area contributed by atoms with E-state index in [1.807, 2.05) is 36.4 Å². The van der Waals surface area contributed by atoms with Gasteiger partial charge in [-0.1, -0.05) is 19.1 Å². The van der Waals surface area contributed by atoms with E-state index in [2.05, 4.69) is 16.5 Å². The Hall–Kier alpha value is -1.77. The lowest BCUT2D eigenvalue weighted by molar-refractivity contribution is 0.440. The fourth-order valence-corrected chi connectivity index (χ4v) is 5.10. The summed E-state index contributed by atoms with van der Waals surface area (Å²) in [5, 5.41) is 0. The number of hydrogen-bond donors (Lipinski definition) is 4. The van der Waals surface area contributed by atoms with Crippen LogP contribution in [0.3, 0.4) is 0 Å². The first-order valence-electron chi connectivity index (χ1n) is 8.92. The molecule has 1 fully saturated rings. The monoisotopic (exact) mass is 375 g/mol. The lowest BCUT2D eigenvalue weighted by atomic mass is 10.0. The van der Waals surface area contributed by atoms with Gasteiger partial charge in [-0.3, -0.25) is 9.11 Å². The summed E-state index contributed by atoms with van der Waals surface area (Å²) < 4.78 is 30.0. The fourth-order valence-electron chi connectivity index (χ4n) is 3.59. The Kier molecular flexibility index (Phi) is 4.58. The minimum atomic E-state index is -3.02. The van der Waals surface area contributed by atoms with Crippen molar-refractivity contribution in [3.63, 3.8) is 0 Å². The zero-order chi connectivity index (χ0) is 18.3. The molecule has 6 nitrogen and oxygen atoms in total. The largest absolute Gasteiger partial charge is 0.457 e. The van der Waals surface area contributed by atoms with E-state index in [9.17, 15) is 9.11 Å². The van der Waals surface area contributed by atoms with E-state index < -0.39 is 10.8 Å². The average Bonchev–Trinajstić information content (AvgIpc) is 3.09. The van der Waals surface area contributed by atoms with Crippen LogP contribution in [-0.4, -0.2) is 28.4 Å². The molecule has 140 valence electrons. The summed E-state index contributed by atoms with van der Waals surface area (Å²) in [4.78, 5) is 2.70. The Balaban J connectivity index is 1.59. The third kappa shape index (κ3) is 3.17. The number of benzene rings is 2. The number of hydrogen-bond acceptors (Lipinski definition) is 6. The molecule has 7 heteroatoms. The summed E-state index contributed by atoms with van der Waals surface area (Å²) in [7, 11) is -3.02. The second kappa shape index (κ2) is 6.75. The van der Waals surface area contributed by atoms with Gasteiger partial charge in [0.1, 0.15) is 16.4 Å². The van der Waals surface area contributed by atoms with Crippen LogP contribution >= 0.6 is 10.8 Å². The number of ether oxygens (including phenoxy) is 1. The normalized spacial score (nSPS) is 23.1. The van der Waals surface area contributed by atoms with Crippen molar-refractivity contribution in [3.05, 3.63) is 48.0 Å². The molecule has 2 unspecified atom stereocenters. The molecule has 2 aliphatic rings. The Morgan fingerprint density at radius 3 is 2.69 bits per heavy atom. The highest BCUT2D eigenvalue weighted by molar-refractivity contribution is 8.22. The molecule has 0 spiro atoms. The zero-order valence-corrected chi connectivity index (χ0v) is 15.6. The van der Waals surface area contributed by atoms with E-state index in [-0.39, 0.29) is 6.17 Å². The molecule has 5 N–H and O–H groups in total. The summed E-state index contributed by atoms with van der Waals surface area (Å²) >= 11 is 0. The summed E-state index contributed by atoms with van der Waals surface area (Å²) in [6.45, 7) is 3.61. The SMILES string of the molecule is CC(CN)c1ccc(Oc2ccc3c(c2)S(O)(O)NC2CCCN32)cc1. The van der Waals surface area contributed by atoms with Crippen molar-refractivity contribution in [2.75, 3.05) is 18.0 Å². The lowest BCUT2D eigenvalue weighted by Gasteiger charge is -2.46. The third-order valence-electron chi connectivity index (χ3n) is 5.14. The Morgan fingerprint density at radius 1 is 1.23 bits per heavy atom.